The van der Waals surface area contributed by atoms with E-state index in [1.165, 1.54) is 11.8 Å². The van der Waals surface area contributed by atoms with Crippen molar-refractivity contribution in [3.8, 4) is 23.0 Å². The Morgan fingerprint density at radius 2 is 1.94 bits per heavy atom. The number of aliphatic hydroxyl groups is 1. The molecule has 0 spiro atoms. The summed E-state index contributed by atoms with van der Waals surface area (Å²) in [4.78, 5) is 28.5. The molecule has 1 fully saturated rings. The van der Waals surface area contributed by atoms with E-state index in [2.05, 4.69) is 4.98 Å². The number of aliphatic hydroxyl groups excluding tert-OH is 1. The summed E-state index contributed by atoms with van der Waals surface area (Å²) in [5.41, 5.74) is 3.88. The van der Waals surface area contributed by atoms with Crippen LogP contribution in [0.25, 0.3) is 11.4 Å². The molecule has 2 aliphatic rings. The summed E-state index contributed by atoms with van der Waals surface area (Å²) in [6, 6.07) is 7.27. The van der Waals surface area contributed by atoms with Crippen molar-refractivity contribution >= 4 is 29.3 Å². The van der Waals surface area contributed by atoms with Gasteiger partial charge in [-0.05, 0) is 31.2 Å². The van der Waals surface area contributed by atoms with Crippen molar-refractivity contribution in [1.29, 1.82) is 0 Å². The second-order valence-corrected chi connectivity index (χ2v) is 9.44. The minimum Gasteiger partial charge on any atom is -0.436 e. The second kappa shape index (κ2) is 9.87. The molecule has 1 amide bonds. The van der Waals surface area contributed by atoms with Crippen LogP contribution in [0.5, 0.6) is 11.6 Å². The molecule has 1 N–H and O–H groups in total. The summed E-state index contributed by atoms with van der Waals surface area (Å²) in [6.45, 7) is 4.03. The molecule has 3 aromatic rings. The van der Waals surface area contributed by atoms with Gasteiger partial charge in [-0.3, -0.25) is 9.78 Å². The highest BCUT2D eigenvalue weighted by Gasteiger charge is 2.28. The number of thioether (sulfide) groups is 1. The molecular weight excluding hydrogens is 476 g/mol. The Balaban J connectivity index is 1.52. The zero-order valence-corrected chi connectivity index (χ0v) is 20.2. The van der Waals surface area contributed by atoms with Crippen molar-refractivity contribution in [3.05, 3.63) is 57.9 Å². The smallest absolute Gasteiger partial charge is 0.233 e. The lowest BCUT2D eigenvalue weighted by Crippen LogP contribution is -2.41. The van der Waals surface area contributed by atoms with Crippen molar-refractivity contribution in [1.82, 2.24) is 19.9 Å². The number of ether oxygens (including phenoxy) is 2. The summed E-state index contributed by atoms with van der Waals surface area (Å²) >= 11 is 7.43. The average molecular weight is 499 g/mol. The van der Waals surface area contributed by atoms with Crippen LogP contribution in [0.3, 0.4) is 0 Å². The molecule has 10 heteroatoms. The number of aryl methyl sites for hydroxylation is 1. The molecule has 0 saturated carbocycles. The number of amides is 1. The van der Waals surface area contributed by atoms with E-state index in [4.69, 9.17) is 31.0 Å². The van der Waals surface area contributed by atoms with Gasteiger partial charge >= 0.3 is 0 Å². The second-order valence-electron chi connectivity index (χ2n) is 8.04. The van der Waals surface area contributed by atoms with Crippen LogP contribution in [-0.2, 0) is 22.6 Å². The largest absolute Gasteiger partial charge is 0.436 e. The number of aromatic nitrogens is 3. The van der Waals surface area contributed by atoms with Crippen molar-refractivity contribution < 1.29 is 19.4 Å². The van der Waals surface area contributed by atoms with Gasteiger partial charge in [0.2, 0.25) is 11.8 Å². The zero-order valence-electron chi connectivity index (χ0n) is 18.6. The molecule has 1 saturated heterocycles. The van der Waals surface area contributed by atoms with E-state index >= 15 is 0 Å². The Morgan fingerprint density at radius 1 is 1.18 bits per heavy atom. The third-order valence-electron chi connectivity index (χ3n) is 5.86. The van der Waals surface area contributed by atoms with E-state index in [0.717, 1.165) is 22.4 Å². The quantitative estimate of drug-likeness (QED) is 0.329. The first kappa shape index (κ1) is 23.0. The van der Waals surface area contributed by atoms with Crippen LogP contribution in [0.1, 0.15) is 22.4 Å². The van der Waals surface area contributed by atoms with Gasteiger partial charge in [0.1, 0.15) is 5.03 Å². The third-order valence-corrected chi connectivity index (χ3v) is 7.11. The monoisotopic (exact) mass is 498 g/mol. The molecule has 0 atom stereocenters. The fraction of sp³-hybridized carbons (Fsp3) is 0.333. The van der Waals surface area contributed by atoms with Crippen molar-refractivity contribution in [3.63, 3.8) is 0 Å². The van der Waals surface area contributed by atoms with E-state index in [9.17, 15) is 9.90 Å². The predicted molar refractivity (Wildman–Crippen MR) is 128 cm³/mol. The molecule has 176 valence electrons. The van der Waals surface area contributed by atoms with Crippen LogP contribution >= 0.6 is 23.4 Å². The van der Waals surface area contributed by atoms with E-state index < -0.39 is 0 Å². The molecular formula is C24H23ClN4O4S. The molecule has 1 aromatic carbocycles. The normalized spacial score (nSPS) is 14.9. The molecule has 4 heterocycles. The Morgan fingerprint density at radius 3 is 2.68 bits per heavy atom. The SMILES string of the molecule is Cc1ncc(CO)c2c1Oc1nc(-c3ccc(Cl)cc3)nc(SCC(=O)N3CCOCC3)c1C2. The fourth-order valence-electron chi connectivity index (χ4n) is 3.98. The zero-order chi connectivity index (χ0) is 23.7. The highest BCUT2D eigenvalue weighted by Crippen LogP contribution is 2.42. The third kappa shape index (κ3) is 4.61. The number of nitrogens with zero attached hydrogens (tertiary/aromatic N) is 4. The first-order valence-electron chi connectivity index (χ1n) is 10.9. The Kier molecular flexibility index (Phi) is 6.69. The van der Waals surface area contributed by atoms with Crippen LogP contribution in [-0.4, -0.2) is 62.9 Å². The highest BCUT2D eigenvalue weighted by atomic mass is 35.5. The van der Waals surface area contributed by atoms with Crippen molar-refractivity contribution in [2.45, 2.75) is 25.0 Å². The fourth-order valence-corrected chi connectivity index (χ4v) is 5.03. The number of morpholine rings is 1. The van der Waals surface area contributed by atoms with E-state index in [1.54, 1.807) is 18.3 Å². The highest BCUT2D eigenvalue weighted by molar-refractivity contribution is 7.99. The van der Waals surface area contributed by atoms with Crippen molar-refractivity contribution in [2.24, 2.45) is 0 Å². The maximum Gasteiger partial charge on any atom is 0.233 e. The summed E-state index contributed by atoms with van der Waals surface area (Å²) in [6.07, 6.45) is 2.15. The van der Waals surface area contributed by atoms with E-state index in [0.29, 0.717) is 65.8 Å². The van der Waals surface area contributed by atoms with Gasteiger partial charge in [-0.2, -0.15) is 4.98 Å². The Hall–Kier alpha value is -2.72. The molecule has 0 unspecified atom stereocenters. The Bertz CT molecular complexity index is 1230. The maximum absolute atomic E-state index is 12.8. The molecule has 34 heavy (non-hydrogen) atoms. The number of hydrogen-bond acceptors (Lipinski definition) is 8. The minimum absolute atomic E-state index is 0.0434. The first-order valence-corrected chi connectivity index (χ1v) is 12.3. The lowest BCUT2D eigenvalue weighted by Gasteiger charge is -2.27. The van der Waals surface area contributed by atoms with Gasteiger partial charge in [0, 0.05) is 47.4 Å². The Labute approximate surface area is 206 Å². The van der Waals surface area contributed by atoms with Crippen LogP contribution < -0.4 is 4.74 Å². The van der Waals surface area contributed by atoms with Gasteiger partial charge in [0.25, 0.3) is 0 Å². The summed E-state index contributed by atoms with van der Waals surface area (Å²) in [5.74, 6) is 1.83. The van der Waals surface area contributed by atoms with Gasteiger partial charge in [-0.25, -0.2) is 4.98 Å². The number of rotatable bonds is 5. The number of carbonyl (C=O) groups is 1. The van der Waals surface area contributed by atoms with E-state index in [1.807, 2.05) is 24.0 Å². The van der Waals surface area contributed by atoms with Gasteiger partial charge in [-0.15, -0.1) is 0 Å². The predicted octanol–water partition coefficient (Wildman–Crippen LogP) is 3.64. The number of benzene rings is 1. The summed E-state index contributed by atoms with van der Waals surface area (Å²) < 4.78 is 11.6. The van der Waals surface area contributed by atoms with Gasteiger partial charge < -0.3 is 19.5 Å². The number of halogens is 1. The minimum atomic E-state index is -0.143. The lowest BCUT2D eigenvalue weighted by molar-refractivity contribution is -0.132. The maximum atomic E-state index is 12.8. The van der Waals surface area contributed by atoms with Crippen LogP contribution in [0.4, 0.5) is 0 Å². The average Bonchev–Trinajstić information content (AvgIpc) is 2.87. The van der Waals surface area contributed by atoms with E-state index in [-0.39, 0.29) is 18.3 Å². The van der Waals surface area contributed by atoms with Crippen LogP contribution in [0, 0.1) is 6.92 Å². The lowest BCUT2D eigenvalue weighted by atomic mass is 9.99. The molecule has 8 nitrogen and oxygen atoms in total. The topological polar surface area (TPSA) is 97.7 Å². The molecule has 2 aliphatic heterocycles. The molecule has 0 bridgehead atoms. The standard InChI is InChI=1S/C24H23ClN4O4S/c1-14-21-18(16(12-30)11-26-14)10-19-23(33-21)27-22(15-2-4-17(25)5-3-15)28-24(19)34-13-20(31)29-6-8-32-9-7-29/h2-5,11,30H,6-10,12-13H2,1H3. The van der Waals surface area contributed by atoms with Crippen molar-refractivity contribution in [2.75, 3.05) is 32.1 Å². The number of fused-ring (bicyclic) bond motifs is 2. The number of hydrogen-bond donors (Lipinski definition) is 1. The molecule has 0 radical (unpaired) electrons. The molecule has 0 aliphatic carbocycles. The van der Waals surface area contributed by atoms with Gasteiger partial charge in [0.05, 0.1) is 36.8 Å². The van der Waals surface area contributed by atoms with Crippen LogP contribution in [0.15, 0.2) is 35.5 Å². The van der Waals surface area contributed by atoms with Crippen LogP contribution in [0.2, 0.25) is 5.02 Å². The number of carbonyl (C=O) groups excluding carboxylic acids is 1. The van der Waals surface area contributed by atoms with Gasteiger partial charge in [0.15, 0.2) is 11.6 Å². The first-order chi connectivity index (χ1) is 16.5. The number of pyridine rings is 1. The molecule has 2 aromatic heterocycles. The van der Waals surface area contributed by atoms with Gasteiger partial charge in [-0.1, -0.05) is 23.4 Å². The molecule has 5 rings (SSSR count). The summed E-state index contributed by atoms with van der Waals surface area (Å²) in [5, 5.41) is 11.1. The summed E-state index contributed by atoms with van der Waals surface area (Å²) in [7, 11) is 0.